The third-order valence-electron chi connectivity index (χ3n) is 8.42. The van der Waals surface area contributed by atoms with Crippen molar-refractivity contribution >= 4 is 54.9 Å². The van der Waals surface area contributed by atoms with Crippen LogP contribution in [-0.2, 0) is 5.41 Å². The highest BCUT2D eigenvalue weighted by atomic mass is 15.2. The fraction of sp³-hybridized carbons (Fsp3) is 0.0938. The summed E-state index contributed by atoms with van der Waals surface area (Å²) in [5.41, 5.74) is 11.5. The van der Waals surface area contributed by atoms with Crippen LogP contribution in [-0.4, -0.2) is 13.8 Å². The van der Waals surface area contributed by atoms with Crippen LogP contribution >= 0.6 is 0 Å². The molecule has 9 rings (SSSR count). The van der Waals surface area contributed by atoms with Gasteiger partial charge in [-0.3, -0.25) is 8.80 Å². The first-order valence-electron chi connectivity index (χ1n) is 12.3. The molecule has 0 saturated carbocycles. The Morgan fingerprint density at radius 2 is 1.46 bits per heavy atom. The van der Waals surface area contributed by atoms with E-state index in [0.29, 0.717) is 0 Å². The fourth-order valence-corrected chi connectivity index (χ4v) is 6.86. The molecular formula is C32H21N3. The topological polar surface area (TPSA) is 21.7 Å². The standard InChI is InChI=1S/C32H21N3/c1-32(2)22-12-6-5-10-20(22)28-23(32)14-15-25-29(28)21-11-7-13-26-30(21)35(25)31-33-24-16-18-8-3-4-9-19(18)17-27(24)34(26)31/h3-17H,1-2H3. The Kier molecular flexibility index (Phi) is 2.90. The Morgan fingerprint density at radius 3 is 2.34 bits per heavy atom. The first kappa shape index (κ1) is 18.0. The predicted octanol–water partition coefficient (Wildman–Crippen LogP) is 7.94. The van der Waals surface area contributed by atoms with Crippen molar-refractivity contribution in [3.8, 4) is 11.1 Å². The number of nitrogens with zero attached hydrogens (tertiary/aromatic N) is 3. The van der Waals surface area contributed by atoms with Crippen molar-refractivity contribution in [2.24, 2.45) is 0 Å². The summed E-state index contributed by atoms with van der Waals surface area (Å²) in [4.78, 5) is 5.20. The second-order valence-electron chi connectivity index (χ2n) is 10.5. The fourth-order valence-electron chi connectivity index (χ4n) is 6.86. The van der Waals surface area contributed by atoms with Crippen LogP contribution in [0.2, 0.25) is 0 Å². The van der Waals surface area contributed by atoms with Gasteiger partial charge in [0.15, 0.2) is 0 Å². The Morgan fingerprint density at radius 1 is 0.657 bits per heavy atom. The molecule has 0 fully saturated rings. The van der Waals surface area contributed by atoms with E-state index in [2.05, 4.69) is 114 Å². The molecule has 8 aromatic rings. The minimum absolute atomic E-state index is 0.0104. The van der Waals surface area contributed by atoms with Gasteiger partial charge in [-0.25, -0.2) is 4.98 Å². The van der Waals surface area contributed by atoms with Gasteiger partial charge in [0.05, 0.1) is 27.6 Å². The molecule has 0 N–H and O–H groups in total. The summed E-state index contributed by atoms with van der Waals surface area (Å²) in [6.45, 7) is 4.70. The zero-order valence-electron chi connectivity index (χ0n) is 19.5. The third kappa shape index (κ3) is 1.92. The van der Waals surface area contributed by atoms with Crippen molar-refractivity contribution in [3.63, 3.8) is 0 Å². The van der Waals surface area contributed by atoms with Crippen LogP contribution in [0, 0.1) is 0 Å². The van der Waals surface area contributed by atoms with Gasteiger partial charge in [0.1, 0.15) is 0 Å². The van der Waals surface area contributed by atoms with Crippen LogP contribution in [0.1, 0.15) is 25.0 Å². The van der Waals surface area contributed by atoms with Gasteiger partial charge in [0, 0.05) is 16.2 Å². The molecule has 1 aliphatic rings. The average molecular weight is 448 g/mol. The lowest BCUT2D eigenvalue weighted by Gasteiger charge is -2.21. The van der Waals surface area contributed by atoms with Crippen LogP contribution in [0.5, 0.6) is 0 Å². The second kappa shape index (κ2) is 5.64. The summed E-state index contributed by atoms with van der Waals surface area (Å²) in [6, 6.07) is 33.4. The van der Waals surface area contributed by atoms with E-state index < -0.39 is 0 Å². The molecule has 0 atom stereocenters. The van der Waals surface area contributed by atoms with Gasteiger partial charge in [0.2, 0.25) is 5.78 Å². The van der Waals surface area contributed by atoms with E-state index in [1.807, 2.05) is 0 Å². The highest BCUT2D eigenvalue weighted by Crippen LogP contribution is 2.53. The number of para-hydroxylation sites is 1. The van der Waals surface area contributed by atoms with Gasteiger partial charge >= 0.3 is 0 Å². The van der Waals surface area contributed by atoms with Crippen molar-refractivity contribution < 1.29 is 0 Å². The van der Waals surface area contributed by atoms with E-state index >= 15 is 0 Å². The van der Waals surface area contributed by atoms with E-state index in [9.17, 15) is 0 Å². The van der Waals surface area contributed by atoms with Crippen molar-refractivity contribution in [3.05, 3.63) is 102 Å². The van der Waals surface area contributed by atoms with E-state index in [0.717, 1.165) is 16.8 Å². The van der Waals surface area contributed by atoms with Gasteiger partial charge < -0.3 is 0 Å². The number of rotatable bonds is 0. The normalized spacial score (nSPS) is 14.8. The Hall–Kier alpha value is -4.37. The molecule has 5 aromatic carbocycles. The van der Waals surface area contributed by atoms with Gasteiger partial charge in [-0.2, -0.15) is 0 Å². The molecule has 0 spiro atoms. The molecule has 0 radical (unpaired) electrons. The number of imidazole rings is 2. The lowest BCUT2D eigenvalue weighted by Crippen LogP contribution is -2.14. The molecule has 0 bridgehead atoms. The molecule has 3 nitrogen and oxygen atoms in total. The maximum absolute atomic E-state index is 5.20. The second-order valence-corrected chi connectivity index (χ2v) is 10.5. The van der Waals surface area contributed by atoms with E-state index in [-0.39, 0.29) is 5.41 Å². The lowest BCUT2D eigenvalue weighted by atomic mass is 9.82. The highest BCUT2D eigenvalue weighted by Gasteiger charge is 2.37. The number of fused-ring (bicyclic) bond motifs is 13. The molecule has 0 unspecified atom stereocenters. The number of hydrogen-bond donors (Lipinski definition) is 0. The average Bonchev–Trinajstić information content (AvgIpc) is 3.57. The van der Waals surface area contributed by atoms with E-state index in [1.165, 1.54) is 60.3 Å². The van der Waals surface area contributed by atoms with E-state index in [4.69, 9.17) is 4.98 Å². The molecule has 3 aromatic heterocycles. The van der Waals surface area contributed by atoms with Crippen LogP contribution in [0.4, 0.5) is 0 Å². The maximum atomic E-state index is 5.20. The number of hydrogen-bond acceptors (Lipinski definition) is 1. The van der Waals surface area contributed by atoms with Crippen molar-refractivity contribution in [1.82, 2.24) is 13.8 Å². The van der Waals surface area contributed by atoms with Crippen LogP contribution in [0.3, 0.4) is 0 Å². The summed E-state index contributed by atoms with van der Waals surface area (Å²) in [5, 5.41) is 5.12. The predicted molar refractivity (Wildman–Crippen MR) is 145 cm³/mol. The summed E-state index contributed by atoms with van der Waals surface area (Å²) >= 11 is 0. The number of benzene rings is 5. The molecule has 3 heteroatoms. The maximum Gasteiger partial charge on any atom is 0.220 e. The third-order valence-corrected chi connectivity index (χ3v) is 8.42. The zero-order valence-corrected chi connectivity index (χ0v) is 19.5. The molecule has 3 heterocycles. The van der Waals surface area contributed by atoms with Crippen molar-refractivity contribution in [2.75, 3.05) is 0 Å². The summed E-state index contributed by atoms with van der Waals surface area (Å²) < 4.78 is 4.73. The van der Waals surface area contributed by atoms with Gasteiger partial charge in [0.25, 0.3) is 0 Å². The first-order valence-corrected chi connectivity index (χ1v) is 12.3. The number of aromatic nitrogens is 3. The van der Waals surface area contributed by atoms with Gasteiger partial charge in [-0.1, -0.05) is 80.6 Å². The minimum atomic E-state index is -0.0104. The smallest absolute Gasteiger partial charge is 0.220 e. The molecule has 35 heavy (non-hydrogen) atoms. The molecule has 1 aliphatic carbocycles. The quantitative estimate of drug-likeness (QED) is 0.231. The summed E-state index contributed by atoms with van der Waals surface area (Å²) in [7, 11) is 0. The van der Waals surface area contributed by atoms with Gasteiger partial charge in [-0.15, -0.1) is 0 Å². The zero-order chi connectivity index (χ0) is 23.1. The van der Waals surface area contributed by atoms with Crippen molar-refractivity contribution in [1.29, 1.82) is 0 Å². The Bertz CT molecular complexity index is 2190. The highest BCUT2D eigenvalue weighted by molar-refractivity contribution is 6.22. The van der Waals surface area contributed by atoms with Gasteiger partial charge in [-0.05, 0) is 57.3 Å². The minimum Gasteiger partial charge on any atom is -0.277 e. The lowest BCUT2D eigenvalue weighted by molar-refractivity contribution is 0.661. The summed E-state index contributed by atoms with van der Waals surface area (Å²) in [6.07, 6.45) is 0. The largest absolute Gasteiger partial charge is 0.277 e. The van der Waals surface area contributed by atoms with Crippen LogP contribution in [0.15, 0.2) is 91.0 Å². The van der Waals surface area contributed by atoms with Crippen molar-refractivity contribution in [2.45, 2.75) is 19.3 Å². The molecule has 0 saturated heterocycles. The SMILES string of the molecule is CC1(C)c2ccccc2-c2c1ccc1c2c2cccc3c2n1c1nc2cc4ccccc4cc2n31. The molecule has 164 valence electrons. The van der Waals surface area contributed by atoms with E-state index in [1.54, 1.807) is 0 Å². The van der Waals surface area contributed by atoms with Crippen LogP contribution < -0.4 is 0 Å². The molecule has 0 amide bonds. The Balaban J connectivity index is 1.53. The van der Waals surface area contributed by atoms with Crippen LogP contribution in [0.25, 0.3) is 66.0 Å². The monoisotopic (exact) mass is 447 g/mol. The molecule has 0 aliphatic heterocycles. The molecular weight excluding hydrogens is 426 g/mol. The summed E-state index contributed by atoms with van der Waals surface area (Å²) in [5.74, 6) is 0.988. The first-order chi connectivity index (χ1) is 17.1. The Labute approximate surface area is 201 Å².